The lowest BCUT2D eigenvalue weighted by Crippen LogP contribution is -2.37. The average molecular weight is 512 g/mol. The number of aromatic nitrogens is 1. The molecular formula is C32H37N3O3. The van der Waals surface area contributed by atoms with Gasteiger partial charge in [0, 0.05) is 36.1 Å². The number of nitrogens with zero attached hydrogens (tertiary/aromatic N) is 3. The van der Waals surface area contributed by atoms with E-state index in [1.165, 1.54) is 5.56 Å². The number of carbonyl (C=O) groups excluding carboxylic acids is 1. The fraction of sp³-hybridized carbons (Fsp3) is 0.312. The highest BCUT2D eigenvalue weighted by atomic mass is 16.5. The van der Waals surface area contributed by atoms with Gasteiger partial charge in [-0.25, -0.2) is 4.98 Å². The Morgan fingerprint density at radius 2 is 1.66 bits per heavy atom. The number of benzene rings is 3. The van der Waals surface area contributed by atoms with Crippen LogP contribution in [0, 0.1) is 13.8 Å². The van der Waals surface area contributed by atoms with Gasteiger partial charge in [-0.1, -0.05) is 42.0 Å². The van der Waals surface area contributed by atoms with Crippen LogP contribution in [0.3, 0.4) is 0 Å². The second-order valence-electron chi connectivity index (χ2n) is 9.99. The lowest BCUT2D eigenvalue weighted by molar-refractivity contribution is -0.131. The van der Waals surface area contributed by atoms with Crippen LogP contribution in [0.4, 0.5) is 0 Å². The molecule has 0 spiro atoms. The number of ether oxygens (including phenoxy) is 2. The summed E-state index contributed by atoms with van der Waals surface area (Å²) in [6.07, 6.45) is 0.216. The van der Waals surface area contributed by atoms with E-state index in [0.717, 1.165) is 45.4 Å². The summed E-state index contributed by atoms with van der Waals surface area (Å²) in [5, 5.41) is 1.07. The van der Waals surface area contributed by atoms with Gasteiger partial charge in [-0.15, -0.1) is 0 Å². The maximum Gasteiger partial charge on any atom is 0.227 e. The highest BCUT2D eigenvalue weighted by Gasteiger charge is 2.20. The van der Waals surface area contributed by atoms with Crippen molar-refractivity contribution in [2.45, 2.75) is 26.8 Å². The molecule has 0 saturated heterocycles. The number of aryl methyl sites for hydroxylation is 2. The highest BCUT2D eigenvalue weighted by Crippen LogP contribution is 2.30. The second-order valence-corrected chi connectivity index (χ2v) is 9.99. The molecule has 4 rings (SSSR count). The summed E-state index contributed by atoms with van der Waals surface area (Å²) in [4.78, 5) is 23.0. The second kappa shape index (κ2) is 12.1. The van der Waals surface area contributed by atoms with Gasteiger partial charge in [-0.3, -0.25) is 4.79 Å². The molecule has 0 atom stereocenters. The van der Waals surface area contributed by atoms with Gasteiger partial charge in [0.25, 0.3) is 0 Å². The minimum atomic E-state index is 0.0259. The van der Waals surface area contributed by atoms with E-state index in [9.17, 15) is 4.79 Å². The minimum absolute atomic E-state index is 0.0259. The Bertz CT molecular complexity index is 1430. The fourth-order valence-electron chi connectivity index (χ4n) is 4.67. The Morgan fingerprint density at radius 1 is 0.868 bits per heavy atom. The van der Waals surface area contributed by atoms with Crippen LogP contribution in [0.15, 0.2) is 66.7 Å². The van der Waals surface area contributed by atoms with Crippen molar-refractivity contribution in [3.05, 3.63) is 89.0 Å². The van der Waals surface area contributed by atoms with Crippen molar-refractivity contribution in [2.75, 3.05) is 41.4 Å². The molecule has 6 nitrogen and oxygen atoms in total. The molecule has 1 amide bonds. The normalized spacial score (nSPS) is 11.1. The first kappa shape index (κ1) is 27.1. The Kier molecular flexibility index (Phi) is 8.64. The van der Waals surface area contributed by atoms with E-state index < -0.39 is 0 Å². The summed E-state index contributed by atoms with van der Waals surface area (Å²) in [6.45, 7) is 5.98. The predicted octanol–water partition coefficient (Wildman–Crippen LogP) is 5.67. The van der Waals surface area contributed by atoms with Gasteiger partial charge in [0.05, 0.1) is 31.9 Å². The van der Waals surface area contributed by atoms with Gasteiger partial charge in [0.2, 0.25) is 5.91 Å². The largest absolute Gasteiger partial charge is 0.497 e. The number of pyridine rings is 1. The SMILES string of the molecule is COc1ccc(OC)c(CC(=O)N(CCN(C)C)Cc2cc3cccc(C)c3nc2-c2cccc(C)c2)c1. The topological polar surface area (TPSA) is 54.9 Å². The number of likely N-dealkylation sites (N-methyl/N-ethyl adjacent to an activating group) is 1. The molecule has 0 radical (unpaired) electrons. The third-order valence-electron chi connectivity index (χ3n) is 6.78. The van der Waals surface area contributed by atoms with E-state index >= 15 is 0 Å². The number of amides is 1. The summed E-state index contributed by atoms with van der Waals surface area (Å²) in [7, 11) is 7.28. The fourth-order valence-corrected chi connectivity index (χ4v) is 4.67. The zero-order valence-electron chi connectivity index (χ0n) is 23.2. The summed E-state index contributed by atoms with van der Waals surface area (Å²) in [5.41, 5.74) is 7.09. The average Bonchev–Trinajstić information content (AvgIpc) is 2.90. The monoisotopic (exact) mass is 511 g/mol. The van der Waals surface area contributed by atoms with Crippen molar-refractivity contribution in [1.82, 2.24) is 14.8 Å². The molecule has 0 N–H and O–H groups in total. The first-order valence-electron chi connectivity index (χ1n) is 12.9. The van der Waals surface area contributed by atoms with Crippen LogP contribution in [-0.4, -0.2) is 62.1 Å². The summed E-state index contributed by atoms with van der Waals surface area (Å²) >= 11 is 0. The number of fused-ring (bicyclic) bond motifs is 1. The van der Waals surface area contributed by atoms with Gasteiger partial charge in [0.15, 0.2) is 0 Å². The molecule has 4 aromatic rings. The van der Waals surface area contributed by atoms with E-state index in [2.05, 4.69) is 67.3 Å². The minimum Gasteiger partial charge on any atom is -0.497 e. The molecule has 0 aliphatic carbocycles. The van der Waals surface area contributed by atoms with E-state index in [1.807, 2.05) is 37.2 Å². The van der Waals surface area contributed by atoms with Crippen LogP contribution < -0.4 is 9.47 Å². The summed E-state index contributed by atoms with van der Waals surface area (Å²) in [6, 6.07) is 22.4. The van der Waals surface area contributed by atoms with Crippen LogP contribution >= 0.6 is 0 Å². The molecule has 3 aromatic carbocycles. The van der Waals surface area contributed by atoms with E-state index in [0.29, 0.717) is 24.6 Å². The predicted molar refractivity (Wildman–Crippen MR) is 154 cm³/mol. The molecule has 0 bridgehead atoms. The molecule has 0 saturated carbocycles. The Morgan fingerprint density at radius 3 is 2.37 bits per heavy atom. The molecule has 6 heteroatoms. The van der Waals surface area contributed by atoms with Crippen molar-refractivity contribution in [3.63, 3.8) is 0 Å². The molecule has 1 heterocycles. The van der Waals surface area contributed by atoms with E-state index in [-0.39, 0.29) is 12.3 Å². The number of methoxy groups -OCH3 is 2. The quantitative estimate of drug-likeness (QED) is 0.275. The van der Waals surface area contributed by atoms with Crippen LogP contribution in [0.25, 0.3) is 22.2 Å². The van der Waals surface area contributed by atoms with Gasteiger partial charge in [-0.2, -0.15) is 0 Å². The highest BCUT2D eigenvalue weighted by molar-refractivity contribution is 5.86. The maximum absolute atomic E-state index is 13.8. The Hall–Kier alpha value is -3.90. The maximum atomic E-state index is 13.8. The first-order chi connectivity index (χ1) is 18.3. The van der Waals surface area contributed by atoms with Gasteiger partial charge in [-0.05, 0) is 69.4 Å². The smallest absolute Gasteiger partial charge is 0.227 e. The Labute approximate surface area is 225 Å². The zero-order chi connectivity index (χ0) is 27.2. The van der Waals surface area contributed by atoms with Crippen molar-refractivity contribution >= 4 is 16.8 Å². The molecule has 0 aliphatic heterocycles. The third kappa shape index (κ3) is 6.32. The van der Waals surface area contributed by atoms with Crippen LogP contribution in [-0.2, 0) is 17.8 Å². The van der Waals surface area contributed by atoms with Crippen molar-refractivity contribution in [1.29, 1.82) is 0 Å². The number of hydrogen-bond donors (Lipinski definition) is 0. The Balaban J connectivity index is 1.75. The molecule has 0 aliphatic rings. The number of rotatable bonds is 10. The van der Waals surface area contributed by atoms with Crippen LogP contribution in [0.2, 0.25) is 0 Å². The van der Waals surface area contributed by atoms with Crippen molar-refractivity contribution in [3.8, 4) is 22.8 Å². The third-order valence-corrected chi connectivity index (χ3v) is 6.78. The number of hydrogen-bond acceptors (Lipinski definition) is 5. The molecule has 38 heavy (non-hydrogen) atoms. The van der Waals surface area contributed by atoms with E-state index in [1.54, 1.807) is 14.2 Å². The van der Waals surface area contributed by atoms with Crippen molar-refractivity contribution < 1.29 is 14.3 Å². The number of carbonyl (C=O) groups is 1. The lowest BCUT2D eigenvalue weighted by Gasteiger charge is -2.26. The number of para-hydroxylation sites is 1. The van der Waals surface area contributed by atoms with E-state index in [4.69, 9.17) is 14.5 Å². The summed E-state index contributed by atoms with van der Waals surface area (Å²) in [5.74, 6) is 1.40. The molecular weight excluding hydrogens is 474 g/mol. The van der Waals surface area contributed by atoms with Crippen LogP contribution in [0.5, 0.6) is 11.5 Å². The lowest BCUT2D eigenvalue weighted by atomic mass is 10.00. The molecule has 1 aromatic heterocycles. The standard InChI is InChI=1S/C32H37N3O3/c1-22-9-7-11-24(17-22)32-27(18-25-12-8-10-23(2)31(25)33-32)21-35(16-15-34(3)4)30(36)20-26-19-28(37-5)13-14-29(26)38-6/h7-14,17-19H,15-16,20-21H2,1-6H3. The zero-order valence-corrected chi connectivity index (χ0v) is 23.2. The molecule has 0 fully saturated rings. The molecule has 0 unspecified atom stereocenters. The molecule has 198 valence electrons. The first-order valence-corrected chi connectivity index (χ1v) is 12.9. The van der Waals surface area contributed by atoms with Gasteiger partial charge < -0.3 is 19.3 Å². The van der Waals surface area contributed by atoms with Gasteiger partial charge in [0.1, 0.15) is 11.5 Å². The summed E-state index contributed by atoms with van der Waals surface area (Å²) < 4.78 is 10.9. The van der Waals surface area contributed by atoms with Crippen LogP contribution in [0.1, 0.15) is 22.3 Å². The van der Waals surface area contributed by atoms with Crippen molar-refractivity contribution in [2.24, 2.45) is 0 Å². The van der Waals surface area contributed by atoms with Gasteiger partial charge >= 0.3 is 0 Å².